The van der Waals surface area contributed by atoms with Gasteiger partial charge in [0, 0.05) is 63.7 Å². The number of aromatic nitrogens is 4. The van der Waals surface area contributed by atoms with Crippen molar-refractivity contribution in [2.45, 2.75) is 6.92 Å². The molecule has 7 heteroatoms. The number of hydrogen-bond donors (Lipinski definition) is 0. The van der Waals surface area contributed by atoms with Crippen molar-refractivity contribution in [3.63, 3.8) is 0 Å². The van der Waals surface area contributed by atoms with Crippen molar-refractivity contribution in [3.05, 3.63) is 42.5 Å². The van der Waals surface area contributed by atoms with Gasteiger partial charge in [0.15, 0.2) is 0 Å². The molecule has 0 saturated carbocycles. The second kappa shape index (κ2) is 6.74. The molecule has 1 aliphatic rings. The smallest absolute Gasteiger partial charge is 0.225 e. The molecule has 0 amide bonds. The summed E-state index contributed by atoms with van der Waals surface area (Å²) in [5, 5.41) is 1.08. The van der Waals surface area contributed by atoms with Gasteiger partial charge in [0.2, 0.25) is 5.95 Å². The van der Waals surface area contributed by atoms with E-state index in [1.54, 1.807) is 6.33 Å². The van der Waals surface area contributed by atoms with Gasteiger partial charge in [0.25, 0.3) is 0 Å². The highest BCUT2D eigenvalue weighted by molar-refractivity contribution is 5.91. The molecule has 0 unspecified atom stereocenters. The molecule has 1 saturated heterocycles. The van der Waals surface area contributed by atoms with Crippen molar-refractivity contribution in [3.8, 4) is 0 Å². The zero-order valence-electron chi connectivity index (χ0n) is 15.4. The van der Waals surface area contributed by atoms with Crippen molar-refractivity contribution in [1.82, 2.24) is 19.9 Å². The highest BCUT2D eigenvalue weighted by Gasteiger charge is 2.20. The predicted molar refractivity (Wildman–Crippen MR) is 105 cm³/mol. The van der Waals surface area contributed by atoms with E-state index < -0.39 is 0 Å². The van der Waals surface area contributed by atoms with Crippen LogP contribution in [0.3, 0.4) is 0 Å². The number of rotatable bonds is 3. The molecule has 4 rings (SSSR count). The lowest BCUT2D eigenvalue weighted by Gasteiger charge is -2.36. The standard InChI is InChI=1S/C19H23N7/c1-14-11-20-19(21-12-14)26-8-6-25(7-9-26)15-4-5-17-16(10-15)18(24(2)3)23-13-22-17/h4-5,10-13H,6-9H2,1-3H3. The Hall–Kier alpha value is -2.96. The molecule has 0 aliphatic carbocycles. The number of benzene rings is 1. The number of aryl methyl sites for hydroxylation is 1. The lowest BCUT2D eigenvalue weighted by atomic mass is 10.1. The Labute approximate surface area is 153 Å². The SMILES string of the molecule is Cc1cnc(N2CCN(c3ccc4ncnc(N(C)C)c4c3)CC2)nc1. The van der Waals surface area contributed by atoms with Gasteiger partial charge in [-0.15, -0.1) is 0 Å². The molecule has 0 atom stereocenters. The highest BCUT2D eigenvalue weighted by Crippen LogP contribution is 2.27. The first kappa shape index (κ1) is 16.5. The van der Waals surface area contributed by atoms with E-state index in [2.05, 4.69) is 47.9 Å². The molecule has 1 fully saturated rings. The maximum atomic E-state index is 4.45. The average Bonchev–Trinajstić information content (AvgIpc) is 2.68. The molecule has 3 aromatic rings. The van der Waals surface area contributed by atoms with Crippen molar-refractivity contribution >= 4 is 28.4 Å². The van der Waals surface area contributed by atoms with Gasteiger partial charge in [-0.05, 0) is 30.7 Å². The molecule has 7 nitrogen and oxygen atoms in total. The van der Waals surface area contributed by atoms with Gasteiger partial charge in [-0.2, -0.15) is 0 Å². The summed E-state index contributed by atoms with van der Waals surface area (Å²) in [7, 11) is 4.02. The maximum absolute atomic E-state index is 4.45. The van der Waals surface area contributed by atoms with Crippen LogP contribution in [0, 0.1) is 6.92 Å². The number of piperazine rings is 1. The summed E-state index contributed by atoms with van der Waals surface area (Å²) >= 11 is 0. The second-order valence-electron chi connectivity index (χ2n) is 6.83. The van der Waals surface area contributed by atoms with E-state index in [1.807, 2.05) is 38.3 Å². The summed E-state index contributed by atoms with van der Waals surface area (Å²) in [5.74, 6) is 1.76. The fourth-order valence-electron chi connectivity index (χ4n) is 3.30. The lowest BCUT2D eigenvalue weighted by Crippen LogP contribution is -2.47. The summed E-state index contributed by atoms with van der Waals surface area (Å²) in [5.41, 5.74) is 3.27. The minimum absolute atomic E-state index is 0.817. The summed E-state index contributed by atoms with van der Waals surface area (Å²) in [4.78, 5) is 24.4. The fourth-order valence-corrected chi connectivity index (χ4v) is 3.30. The van der Waals surface area contributed by atoms with Crippen LogP contribution >= 0.6 is 0 Å². The van der Waals surface area contributed by atoms with Gasteiger partial charge >= 0.3 is 0 Å². The molecule has 1 aliphatic heterocycles. The minimum Gasteiger partial charge on any atom is -0.368 e. The molecule has 2 aromatic heterocycles. The second-order valence-corrected chi connectivity index (χ2v) is 6.83. The first-order chi connectivity index (χ1) is 12.6. The molecule has 0 bridgehead atoms. The Morgan fingerprint density at radius 1 is 0.885 bits per heavy atom. The lowest BCUT2D eigenvalue weighted by molar-refractivity contribution is 0.640. The van der Waals surface area contributed by atoms with Crippen LogP contribution in [0.4, 0.5) is 17.5 Å². The molecule has 1 aromatic carbocycles. The van der Waals surface area contributed by atoms with Gasteiger partial charge in [0.05, 0.1) is 5.52 Å². The molecule has 134 valence electrons. The molecular weight excluding hydrogens is 326 g/mol. The average molecular weight is 349 g/mol. The van der Waals surface area contributed by atoms with Crippen LogP contribution < -0.4 is 14.7 Å². The zero-order chi connectivity index (χ0) is 18.1. The Bertz CT molecular complexity index is 899. The van der Waals surface area contributed by atoms with Crippen molar-refractivity contribution in [2.24, 2.45) is 0 Å². The number of fused-ring (bicyclic) bond motifs is 1. The summed E-state index contributed by atoms with van der Waals surface area (Å²) in [6.45, 7) is 5.70. The number of nitrogens with zero attached hydrogens (tertiary/aromatic N) is 7. The number of hydrogen-bond acceptors (Lipinski definition) is 7. The van der Waals surface area contributed by atoms with Crippen molar-refractivity contribution in [1.29, 1.82) is 0 Å². The highest BCUT2D eigenvalue weighted by atomic mass is 15.3. The van der Waals surface area contributed by atoms with E-state index in [4.69, 9.17) is 0 Å². The van der Waals surface area contributed by atoms with Crippen LogP contribution in [0.1, 0.15) is 5.56 Å². The van der Waals surface area contributed by atoms with Crippen molar-refractivity contribution in [2.75, 3.05) is 55.0 Å². The Morgan fingerprint density at radius 2 is 1.58 bits per heavy atom. The normalized spacial score (nSPS) is 14.7. The Morgan fingerprint density at radius 3 is 2.27 bits per heavy atom. The third-order valence-electron chi connectivity index (χ3n) is 4.72. The van der Waals surface area contributed by atoms with Crippen LogP contribution in [0.25, 0.3) is 10.9 Å². The Balaban J connectivity index is 1.54. The summed E-state index contributed by atoms with van der Waals surface area (Å²) < 4.78 is 0. The first-order valence-electron chi connectivity index (χ1n) is 8.82. The number of anilines is 3. The van der Waals surface area contributed by atoms with Gasteiger partial charge in [-0.3, -0.25) is 0 Å². The quantitative estimate of drug-likeness (QED) is 0.718. The fraction of sp³-hybridized carbons (Fsp3) is 0.368. The van der Waals surface area contributed by atoms with Crippen LogP contribution in [-0.4, -0.2) is 60.2 Å². The van der Waals surface area contributed by atoms with E-state index in [0.29, 0.717) is 0 Å². The third kappa shape index (κ3) is 3.12. The minimum atomic E-state index is 0.817. The van der Waals surface area contributed by atoms with Crippen LogP contribution in [0.15, 0.2) is 36.9 Å². The largest absolute Gasteiger partial charge is 0.368 e. The molecule has 0 spiro atoms. The summed E-state index contributed by atoms with van der Waals surface area (Å²) in [6, 6.07) is 6.42. The van der Waals surface area contributed by atoms with Crippen LogP contribution in [0.5, 0.6) is 0 Å². The van der Waals surface area contributed by atoms with Crippen LogP contribution in [0.2, 0.25) is 0 Å². The van der Waals surface area contributed by atoms with E-state index >= 15 is 0 Å². The molecule has 3 heterocycles. The van der Waals surface area contributed by atoms with E-state index in [-0.39, 0.29) is 0 Å². The molecule has 26 heavy (non-hydrogen) atoms. The van der Waals surface area contributed by atoms with Gasteiger partial charge in [0.1, 0.15) is 12.1 Å². The van der Waals surface area contributed by atoms with Gasteiger partial charge in [-0.1, -0.05) is 0 Å². The van der Waals surface area contributed by atoms with E-state index in [9.17, 15) is 0 Å². The maximum Gasteiger partial charge on any atom is 0.225 e. The third-order valence-corrected chi connectivity index (χ3v) is 4.72. The van der Waals surface area contributed by atoms with E-state index in [1.165, 1.54) is 5.69 Å². The monoisotopic (exact) mass is 349 g/mol. The molecule has 0 N–H and O–H groups in total. The van der Waals surface area contributed by atoms with Gasteiger partial charge < -0.3 is 14.7 Å². The van der Waals surface area contributed by atoms with Crippen molar-refractivity contribution < 1.29 is 0 Å². The predicted octanol–water partition coefficient (Wildman–Crippen LogP) is 2.12. The topological polar surface area (TPSA) is 61.3 Å². The van der Waals surface area contributed by atoms with E-state index in [0.717, 1.165) is 54.4 Å². The zero-order valence-corrected chi connectivity index (χ0v) is 15.4. The Kier molecular flexibility index (Phi) is 4.28. The van der Waals surface area contributed by atoms with Gasteiger partial charge in [-0.25, -0.2) is 19.9 Å². The molecular formula is C19H23N7. The van der Waals surface area contributed by atoms with Crippen LogP contribution in [-0.2, 0) is 0 Å². The summed E-state index contributed by atoms with van der Waals surface area (Å²) in [6.07, 6.45) is 5.37. The molecule has 0 radical (unpaired) electrons. The first-order valence-corrected chi connectivity index (χ1v) is 8.82.